The van der Waals surface area contributed by atoms with Gasteiger partial charge in [-0.05, 0) is 43.7 Å². The Morgan fingerprint density at radius 2 is 1.77 bits per heavy atom. The van der Waals surface area contributed by atoms with E-state index in [1.165, 1.54) is 0 Å². The van der Waals surface area contributed by atoms with Crippen molar-refractivity contribution in [2.45, 2.75) is 26.7 Å². The molecule has 7 heteroatoms. The van der Waals surface area contributed by atoms with Crippen molar-refractivity contribution in [3.05, 3.63) is 52.7 Å². The Bertz CT molecular complexity index is 946. The predicted molar refractivity (Wildman–Crippen MR) is 117 cm³/mol. The molecule has 31 heavy (non-hydrogen) atoms. The Morgan fingerprint density at radius 3 is 2.26 bits per heavy atom. The molecule has 0 fully saturated rings. The molecule has 162 valence electrons. The molecular formula is C24H29N5O2. The van der Waals surface area contributed by atoms with Gasteiger partial charge in [0.05, 0.1) is 30.0 Å². The Morgan fingerprint density at radius 1 is 1.16 bits per heavy atom. The second-order valence-electron chi connectivity index (χ2n) is 7.35. The molecule has 1 aromatic carbocycles. The van der Waals surface area contributed by atoms with E-state index in [4.69, 9.17) is 15.6 Å². The summed E-state index contributed by atoms with van der Waals surface area (Å²) in [6, 6.07) is 14.0. The van der Waals surface area contributed by atoms with Crippen LogP contribution in [0, 0.1) is 45.3 Å². The number of likely N-dealkylation sites (N-methyl/N-ethyl adjacent to an activating group) is 1. The van der Waals surface area contributed by atoms with E-state index in [9.17, 15) is 15.8 Å². The Hall–Kier alpha value is -3.31. The second-order valence-corrected chi connectivity index (χ2v) is 7.35. The van der Waals surface area contributed by atoms with Crippen LogP contribution in [0.25, 0.3) is 0 Å². The van der Waals surface area contributed by atoms with Crippen LogP contribution in [0.5, 0.6) is 5.75 Å². The van der Waals surface area contributed by atoms with E-state index >= 15 is 0 Å². The lowest BCUT2D eigenvalue weighted by Crippen LogP contribution is -2.48. The van der Waals surface area contributed by atoms with Crippen molar-refractivity contribution in [3.8, 4) is 24.0 Å². The third kappa shape index (κ3) is 4.42. The molecule has 2 aliphatic rings. The van der Waals surface area contributed by atoms with Crippen LogP contribution in [0.3, 0.4) is 0 Å². The molecule has 1 aliphatic carbocycles. The van der Waals surface area contributed by atoms with Gasteiger partial charge in [0.1, 0.15) is 11.8 Å². The lowest BCUT2D eigenvalue weighted by Gasteiger charge is -2.45. The van der Waals surface area contributed by atoms with E-state index in [1.54, 1.807) is 6.92 Å². The van der Waals surface area contributed by atoms with E-state index in [0.29, 0.717) is 13.2 Å². The van der Waals surface area contributed by atoms with Gasteiger partial charge in [0.2, 0.25) is 0 Å². The van der Waals surface area contributed by atoms with Gasteiger partial charge in [-0.2, -0.15) is 15.8 Å². The molecule has 0 saturated carbocycles. The molecule has 0 bridgehead atoms. The number of hydrogen-bond donors (Lipinski definition) is 2. The first kappa shape index (κ1) is 24.0. The highest BCUT2D eigenvalue weighted by atomic mass is 16.5. The second kappa shape index (κ2) is 10.6. The van der Waals surface area contributed by atoms with Crippen molar-refractivity contribution in [1.29, 1.82) is 15.8 Å². The highest BCUT2D eigenvalue weighted by Gasteiger charge is 2.54. The molecule has 0 radical (unpaired) electrons. The molecule has 3 rings (SSSR count). The van der Waals surface area contributed by atoms with E-state index in [2.05, 4.69) is 30.0 Å². The topological polar surface area (TPSA) is 130 Å². The summed E-state index contributed by atoms with van der Waals surface area (Å²) in [5, 5.41) is 37.4. The maximum absolute atomic E-state index is 10.1. The number of allylic oxidation sites excluding steroid dienone is 2. The standard InChI is InChI=1S/C22H23N5O.C2H6O/c1-3-27-10-9-17-18(11-23)21(26)22(13-24,14-25)20(19(17)12-27)15-5-7-16(8-6-15)28-4-2;1-2-3/h5-9,19-20H,3-4,10,12,26H2,1-2H3;3H,2H2,1H3/t19-,20+;/m0./s1. The first-order valence-electron chi connectivity index (χ1n) is 10.5. The normalized spacial score (nSPS) is 21.9. The van der Waals surface area contributed by atoms with E-state index in [0.717, 1.165) is 30.0 Å². The van der Waals surface area contributed by atoms with Crippen LogP contribution in [0.4, 0.5) is 0 Å². The molecule has 3 N–H and O–H groups in total. The molecule has 2 atom stereocenters. The van der Waals surface area contributed by atoms with Crippen molar-refractivity contribution in [1.82, 2.24) is 4.90 Å². The average Bonchev–Trinajstić information content (AvgIpc) is 2.79. The number of aliphatic hydroxyl groups excluding tert-OH is 1. The fourth-order valence-electron chi connectivity index (χ4n) is 4.31. The summed E-state index contributed by atoms with van der Waals surface area (Å²) in [5.74, 6) is 0.112. The Balaban J connectivity index is 0.00000107. The largest absolute Gasteiger partial charge is 0.494 e. The SMILES string of the molecule is CCO.CCOc1ccc([C@@H]2[C@H]3CN(CC)CC=C3C(C#N)=C(N)C2(C#N)C#N)cc1. The van der Waals surface area contributed by atoms with Crippen LogP contribution >= 0.6 is 0 Å². The summed E-state index contributed by atoms with van der Waals surface area (Å²) in [7, 11) is 0. The Kier molecular flexibility index (Phi) is 8.22. The highest BCUT2D eigenvalue weighted by molar-refractivity contribution is 5.59. The number of nitrogens with two attached hydrogens (primary N) is 1. The van der Waals surface area contributed by atoms with Crippen LogP contribution < -0.4 is 10.5 Å². The number of hydrogen-bond acceptors (Lipinski definition) is 7. The summed E-state index contributed by atoms with van der Waals surface area (Å²) in [4.78, 5) is 2.24. The summed E-state index contributed by atoms with van der Waals surface area (Å²) in [5.41, 5.74) is 6.76. The van der Waals surface area contributed by atoms with Crippen molar-refractivity contribution in [3.63, 3.8) is 0 Å². The van der Waals surface area contributed by atoms with Gasteiger partial charge in [0, 0.05) is 31.5 Å². The highest BCUT2D eigenvalue weighted by Crippen LogP contribution is 2.54. The smallest absolute Gasteiger partial charge is 0.191 e. The van der Waals surface area contributed by atoms with Gasteiger partial charge in [-0.15, -0.1) is 0 Å². The summed E-state index contributed by atoms with van der Waals surface area (Å²) >= 11 is 0. The first-order chi connectivity index (χ1) is 15.0. The molecule has 0 aromatic heterocycles. The van der Waals surface area contributed by atoms with E-state index < -0.39 is 11.3 Å². The van der Waals surface area contributed by atoms with Gasteiger partial charge in [-0.3, -0.25) is 4.90 Å². The number of benzene rings is 1. The van der Waals surface area contributed by atoms with Gasteiger partial charge in [-0.1, -0.05) is 25.1 Å². The summed E-state index contributed by atoms with van der Waals surface area (Å²) < 4.78 is 5.52. The minimum atomic E-state index is -1.59. The third-order valence-corrected chi connectivity index (χ3v) is 5.74. The number of nitriles is 3. The lowest BCUT2D eigenvalue weighted by molar-refractivity contribution is 0.214. The lowest BCUT2D eigenvalue weighted by atomic mass is 9.58. The third-order valence-electron chi connectivity index (χ3n) is 5.74. The minimum absolute atomic E-state index is 0.0614. The van der Waals surface area contributed by atoms with Gasteiger partial charge < -0.3 is 15.6 Å². The minimum Gasteiger partial charge on any atom is -0.494 e. The van der Waals surface area contributed by atoms with Crippen molar-refractivity contribution >= 4 is 0 Å². The molecule has 7 nitrogen and oxygen atoms in total. The molecule has 0 unspecified atom stereocenters. The van der Waals surface area contributed by atoms with Gasteiger partial charge in [0.15, 0.2) is 5.41 Å². The van der Waals surface area contributed by atoms with Crippen LogP contribution in [0.1, 0.15) is 32.3 Å². The predicted octanol–water partition coefficient (Wildman–Crippen LogP) is 2.83. The van der Waals surface area contributed by atoms with Crippen LogP contribution in [-0.2, 0) is 0 Å². The molecule has 0 spiro atoms. The first-order valence-corrected chi connectivity index (χ1v) is 10.5. The zero-order valence-corrected chi connectivity index (χ0v) is 18.3. The van der Waals surface area contributed by atoms with Gasteiger partial charge >= 0.3 is 0 Å². The van der Waals surface area contributed by atoms with Crippen LogP contribution in [0.15, 0.2) is 47.2 Å². The molecule has 0 saturated heterocycles. The summed E-state index contributed by atoms with van der Waals surface area (Å²) in [6.07, 6.45) is 2.02. The van der Waals surface area contributed by atoms with Gasteiger partial charge in [0.25, 0.3) is 0 Å². The van der Waals surface area contributed by atoms with Crippen molar-refractivity contribution in [2.24, 2.45) is 17.1 Å². The number of fused-ring (bicyclic) bond motifs is 1. The molecule has 0 amide bonds. The number of aliphatic hydroxyl groups is 1. The van der Waals surface area contributed by atoms with Crippen molar-refractivity contribution < 1.29 is 9.84 Å². The van der Waals surface area contributed by atoms with E-state index in [-0.39, 0.29) is 23.8 Å². The fraction of sp³-hybridized carbons (Fsp3) is 0.458. The monoisotopic (exact) mass is 419 g/mol. The van der Waals surface area contributed by atoms with Crippen LogP contribution in [0.2, 0.25) is 0 Å². The molecule has 1 aromatic rings. The zero-order valence-electron chi connectivity index (χ0n) is 18.3. The number of nitrogens with zero attached hydrogens (tertiary/aromatic N) is 4. The van der Waals surface area contributed by atoms with Crippen LogP contribution in [-0.4, -0.2) is 42.9 Å². The molecule has 1 aliphatic heterocycles. The maximum Gasteiger partial charge on any atom is 0.191 e. The Labute approximate surface area is 184 Å². The number of rotatable bonds is 4. The molecular weight excluding hydrogens is 390 g/mol. The maximum atomic E-state index is 10.1. The number of ether oxygens (including phenoxy) is 1. The molecule has 1 heterocycles. The zero-order chi connectivity index (χ0) is 23.0. The van der Waals surface area contributed by atoms with Crippen molar-refractivity contribution in [2.75, 3.05) is 32.8 Å². The fourth-order valence-corrected chi connectivity index (χ4v) is 4.31. The quantitative estimate of drug-likeness (QED) is 0.767. The van der Waals surface area contributed by atoms with E-state index in [1.807, 2.05) is 37.3 Å². The summed E-state index contributed by atoms with van der Waals surface area (Å²) in [6.45, 7) is 8.73. The van der Waals surface area contributed by atoms with Gasteiger partial charge in [-0.25, -0.2) is 0 Å². The average molecular weight is 420 g/mol.